The van der Waals surface area contributed by atoms with E-state index in [1.54, 1.807) is 23.1 Å². The summed E-state index contributed by atoms with van der Waals surface area (Å²) in [6, 6.07) is 11.6. The smallest absolute Gasteiger partial charge is 0.348 e. The molecule has 1 saturated heterocycles. The van der Waals surface area contributed by atoms with Gasteiger partial charge in [-0.15, -0.1) is 0 Å². The molecule has 1 saturated carbocycles. The molecular weight excluding hydrogens is 497 g/mol. The van der Waals surface area contributed by atoms with Gasteiger partial charge in [-0.1, -0.05) is 37.5 Å². The van der Waals surface area contributed by atoms with Crippen molar-refractivity contribution in [3.8, 4) is 0 Å². The molecule has 1 N–H and O–H groups in total. The predicted molar refractivity (Wildman–Crippen MR) is 138 cm³/mol. The molecule has 2 amide bonds. The van der Waals surface area contributed by atoms with Crippen LogP contribution in [-0.2, 0) is 20.4 Å². The first kappa shape index (κ1) is 28.1. The monoisotopic (exact) mass is 532 g/mol. The van der Waals surface area contributed by atoms with Crippen LogP contribution < -0.4 is 5.32 Å². The van der Waals surface area contributed by atoms with Crippen LogP contribution in [0.5, 0.6) is 0 Å². The summed E-state index contributed by atoms with van der Waals surface area (Å²) >= 11 is 0. The maximum Gasteiger partial charge on any atom is 0.416 e. The predicted octanol–water partition coefficient (Wildman–Crippen LogP) is 6.33. The molecule has 0 aromatic heterocycles. The Labute approximate surface area is 221 Å². The number of piperidine rings is 1. The van der Waals surface area contributed by atoms with Crippen LogP contribution in [-0.4, -0.2) is 50.3 Å². The minimum absolute atomic E-state index is 0.0960. The van der Waals surface area contributed by atoms with Crippen LogP contribution in [0.1, 0.15) is 83.8 Å². The van der Waals surface area contributed by atoms with Gasteiger partial charge in [-0.3, -0.25) is 9.59 Å². The highest BCUT2D eigenvalue weighted by atomic mass is 19.4. The van der Waals surface area contributed by atoms with Crippen molar-refractivity contribution in [2.45, 2.75) is 69.2 Å². The lowest BCUT2D eigenvalue weighted by molar-refractivity contribution is -0.153. The third kappa shape index (κ3) is 6.56. The summed E-state index contributed by atoms with van der Waals surface area (Å²) in [6.07, 6.45) is 0.402. The maximum atomic E-state index is 13.9. The van der Waals surface area contributed by atoms with E-state index >= 15 is 0 Å². The molecule has 38 heavy (non-hydrogen) atoms. The maximum absolute atomic E-state index is 13.9. The van der Waals surface area contributed by atoms with Gasteiger partial charge in [0, 0.05) is 38.6 Å². The summed E-state index contributed by atoms with van der Waals surface area (Å²) in [5.41, 5.74) is 1.46. The number of likely N-dealkylation sites (tertiary alicyclic amines) is 1. The first-order valence-corrected chi connectivity index (χ1v) is 13.2. The lowest BCUT2D eigenvalue weighted by Crippen LogP contribution is -2.38. The highest BCUT2D eigenvalue weighted by molar-refractivity contribution is 5.95. The molecule has 2 aromatic rings. The molecule has 0 radical (unpaired) electrons. The quantitative estimate of drug-likeness (QED) is 0.423. The van der Waals surface area contributed by atoms with E-state index in [2.05, 4.69) is 5.32 Å². The molecule has 1 aliphatic heterocycles. The number of carbonyl (C=O) groups is 2. The highest BCUT2D eigenvalue weighted by Crippen LogP contribution is 2.41. The van der Waals surface area contributed by atoms with Gasteiger partial charge in [0.25, 0.3) is 11.8 Å². The van der Waals surface area contributed by atoms with Gasteiger partial charge in [-0.05, 0) is 72.9 Å². The molecular formula is C29H35F3N2O4. The number of hydrogen-bond acceptors (Lipinski definition) is 4. The number of halogens is 3. The van der Waals surface area contributed by atoms with Crippen molar-refractivity contribution in [2.24, 2.45) is 0 Å². The van der Waals surface area contributed by atoms with Crippen LogP contribution in [0.15, 0.2) is 42.5 Å². The van der Waals surface area contributed by atoms with Crippen molar-refractivity contribution in [1.29, 1.82) is 0 Å². The number of amides is 2. The fraction of sp³-hybridized carbons (Fsp3) is 0.517. The Morgan fingerprint density at radius 1 is 0.895 bits per heavy atom. The second kappa shape index (κ2) is 12.3. The number of hydrogen-bond donors (Lipinski definition) is 1. The zero-order valence-electron chi connectivity index (χ0n) is 21.9. The van der Waals surface area contributed by atoms with E-state index in [-0.39, 0.29) is 23.3 Å². The van der Waals surface area contributed by atoms with Gasteiger partial charge in [-0.25, -0.2) is 0 Å². The Morgan fingerprint density at radius 2 is 1.53 bits per heavy atom. The third-order valence-electron chi connectivity index (χ3n) is 7.72. The average Bonchev–Trinajstić information content (AvgIpc) is 2.93. The Balaban J connectivity index is 1.38. The molecule has 0 spiro atoms. The van der Waals surface area contributed by atoms with Crippen LogP contribution in [0, 0.1) is 0 Å². The lowest BCUT2D eigenvalue weighted by atomic mass is 9.81. The van der Waals surface area contributed by atoms with E-state index in [4.69, 9.17) is 9.47 Å². The first-order valence-electron chi connectivity index (χ1n) is 13.2. The second-order valence-corrected chi connectivity index (χ2v) is 10.1. The van der Waals surface area contributed by atoms with Crippen LogP contribution >= 0.6 is 0 Å². The number of nitrogens with one attached hydrogen (secondary N) is 1. The molecule has 2 aromatic carbocycles. The number of anilines is 1. The molecule has 1 aliphatic carbocycles. The zero-order chi connectivity index (χ0) is 27.3. The highest BCUT2D eigenvalue weighted by Gasteiger charge is 2.37. The Hall–Kier alpha value is -2.91. The van der Waals surface area contributed by atoms with Crippen LogP contribution in [0.4, 0.5) is 18.9 Å². The molecule has 2 aliphatic rings. The fourth-order valence-electron chi connectivity index (χ4n) is 5.65. The number of alkyl halides is 3. The van der Waals surface area contributed by atoms with Crippen molar-refractivity contribution in [1.82, 2.24) is 4.90 Å². The van der Waals surface area contributed by atoms with Gasteiger partial charge in [0.15, 0.2) is 0 Å². The Morgan fingerprint density at radius 3 is 2.11 bits per heavy atom. The molecule has 0 atom stereocenters. The zero-order valence-corrected chi connectivity index (χ0v) is 21.9. The van der Waals surface area contributed by atoms with Gasteiger partial charge in [0.05, 0.1) is 5.56 Å². The summed E-state index contributed by atoms with van der Waals surface area (Å²) in [7, 11) is 2.77. The third-order valence-corrected chi connectivity index (χ3v) is 7.72. The summed E-state index contributed by atoms with van der Waals surface area (Å²) in [5, 5.41) is 2.73. The number of methoxy groups -OCH3 is 2. The van der Waals surface area contributed by atoms with E-state index in [0.29, 0.717) is 37.2 Å². The van der Waals surface area contributed by atoms with Gasteiger partial charge in [-0.2, -0.15) is 13.2 Å². The molecule has 9 heteroatoms. The SMILES string of the molecule is COC(OC)C(=O)Nc1ccc(C2CCN(C(=O)c3ccc(C4CCCCC4)c(C(F)(F)F)c3)CC2)cc1. The first-order chi connectivity index (χ1) is 18.2. The van der Waals surface area contributed by atoms with Gasteiger partial charge >= 0.3 is 6.18 Å². The summed E-state index contributed by atoms with van der Waals surface area (Å²) in [4.78, 5) is 26.9. The van der Waals surface area contributed by atoms with Crippen molar-refractivity contribution in [3.63, 3.8) is 0 Å². The van der Waals surface area contributed by atoms with E-state index < -0.39 is 23.9 Å². The van der Waals surface area contributed by atoms with Crippen molar-refractivity contribution < 1.29 is 32.2 Å². The molecule has 206 valence electrons. The Bertz CT molecular complexity index is 1100. The fourth-order valence-corrected chi connectivity index (χ4v) is 5.65. The van der Waals surface area contributed by atoms with Crippen LogP contribution in [0.25, 0.3) is 0 Å². The number of rotatable bonds is 7. The topological polar surface area (TPSA) is 67.9 Å². The van der Waals surface area contributed by atoms with E-state index in [9.17, 15) is 22.8 Å². The number of carbonyl (C=O) groups excluding carboxylic acids is 2. The normalized spacial score (nSPS) is 17.6. The van der Waals surface area contributed by atoms with Gasteiger partial charge in [0.2, 0.25) is 6.29 Å². The van der Waals surface area contributed by atoms with Gasteiger partial charge in [0.1, 0.15) is 0 Å². The molecule has 4 rings (SSSR count). The standard InChI is InChI=1S/C29H35F3N2O4/c1-37-28(38-2)26(35)33-23-11-8-19(9-12-23)20-14-16-34(17-15-20)27(36)22-10-13-24(21-6-4-3-5-7-21)25(18-22)29(30,31)32/h8-13,18,20-21,28H,3-7,14-17H2,1-2H3,(H,33,35). The van der Waals surface area contributed by atoms with Crippen molar-refractivity contribution in [3.05, 3.63) is 64.7 Å². The van der Waals surface area contributed by atoms with Crippen molar-refractivity contribution in [2.75, 3.05) is 32.6 Å². The van der Waals surface area contributed by atoms with E-state index in [1.165, 1.54) is 20.3 Å². The number of benzene rings is 2. The molecule has 0 bridgehead atoms. The van der Waals surface area contributed by atoms with Gasteiger partial charge < -0.3 is 19.7 Å². The minimum atomic E-state index is -4.49. The average molecular weight is 533 g/mol. The molecule has 0 unspecified atom stereocenters. The Kier molecular flexibility index (Phi) is 9.10. The summed E-state index contributed by atoms with van der Waals surface area (Å²) in [5.74, 6) is -0.640. The second-order valence-electron chi connectivity index (χ2n) is 10.1. The van der Waals surface area contributed by atoms with Crippen molar-refractivity contribution >= 4 is 17.5 Å². The molecule has 6 nitrogen and oxygen atoms in total. The lowest BCUT2D eigenvalue weighted by Gasteiger charge is -2.33. The number of ether oxygens (including phenoxy) is 2. The van der Waals surface area contributed by atoms with Crippen LogP contribution in [0.2, 0.25) is 0 Å². The number of nitrogens with zero attached hydrogens (tertiary/aromatic N) is 1. The summed E-state index contributed by atoms with van der Waals surface area (Å²) in [6.45, 7) is 0.939. The van der Waals surface area contributed by atoms with E-state index in [0.717, 1.165) is 43.7 Å². The summed E-state index contributed by atoms with van der Waals surface area (Å²) < 4.78 is 51.7. The molecule has 2 fully saturated rings. The minimum Gasteiger partial charge on any atom is -0.348 e. The largest absolute Gasteiger partial charge is 0.416 e. The van der Waals surface area contributed by atoms with Crippen LogP contribution in [0.3, 0.4) is 0 Å². The van der Waals surface area contributed by atoms with E-state index in [1.807, 2.05) is 12.1 Å². The molecule has 1 heterocycles.